The number of nitrogens with zero attached hydrogens (tertiary/aromatic N) is 1. The highest BCUT2D eigenvalue weighted by Gasteiger charge is 2.08. The molecular weight excluding hydrogens is 276 g/mol. The zero-order chi connectivity index (χ0) is 14.5. The van der Waals surface area contributed by atoms with Gasteiger partial charge in [-0.25, -0.2) is 13.1 Å². The van der Waals surface area contributed by atoms with Gasteiger partial charge in [-0.15, -0.1) is 0 Å². The molecule has 0 spiro atoms. The fraction of sp³-hybridized carbons (Fsp3) is 0.300. The molecule has 0 amide bonds. The van der Waals surface area contributed by atoms with Gasteiger partial charge in [0.05, 0.1) is 11.2 Å². The summed E-state index contributed by atoms with van der Waals surface area (Å²) in [7, 11) is -3.44. The van der Waals surface area contributed by atoms with E-state index < -0.39 is 27.5 Å². The molecule has 0 atom stereocenters. The Morgan fingerprint density at radius 2 is 1.95 bits per heavy atom. The Bertz CT molecular complexity index is 566. The van der Waals surface area contributed by atoms with Crippen LogP contribution in [0.15, 0.2) is 24.3 Å². The first-order valence-corrected chi connectivity index (χ1v) is 7.00. The van der Waals surface area contributed by atoms with Gasteiger partial charge in [0.2, 0.25) is 10.0 Å². The van der Waals surface area contributed by atoms with E-state index in [9.17, 15) is 23.3 Å². The maximum Gasteiger partial charge on any atom is 0.321 e. The highest BCUT2D eigenvalue weighted by Crippen LogP contribution is 2.12. The highest BCUT2D eigenvalue weighted by molar-refractivity contribution is 7.88. The Labute approximate surface area is 109 Å². The summed E-state index contributed by atoms with van der Waals surface area (Å²) in [5.74, 6) is -0.733. The molecule has 1 aromatic rings. The summed E-state index contributed by atoms with van der Waals surface area (Å²) < 4.78 is 28.2. The predicted molar refractivity (Wildman–Crippen MR) is 65.7 cm³/mol. The molecule has 0 aliphatic heterocycles. The first kappa shape index (κ1) is 15.1. The lowest BCUT2D eigenvalue weighted by atomic mass is 10.2. The van der Waals surface area contributed by atoms with Gasteiger partial charge in [-0.05, 0) is 17.7 Å². The molecular formula is C10H12N2O6S. The summed E-state index contributed by atoms with van der Waals surface area (Å²) in [4.78, 5) is 21.1. The summed E-state index contributed by atoms with van der Waals surface area (Å²) in [5.41, 5.74) is 0.507. The molecule has 0 unspecified atom stereocenters. The van der Waals surface area contributed by atoms with Crippen LogP contribution in [0, 0.1) is 10.1 Å². The average Bonchev–Trinajstić information content (AvgIpc) is 2.33. The molecule has 8 nitrogen and oxygen atoms in total. The topological polar surface area (TPSA) is 116 Å². The molecule has 0 aromatic heterocycles. The third-order valence-electron chi connectivity index (χ3n) is 2.03. The lowest BCUT2D eigenvalue weighted by Crippen LogP contribution is -2.29. The molecule has 1 N–H and O–H groups in total. The quantitative estimate of drug-likeness (QED) is 0.453. The third kappa shape index (κ3) is 5.93. The van der Waals surface area contributed by atoms with Crippen molar-refractivity contribution in [2.75, 3.05) is 12.8 Å². The van der Waals surface area contributed by atoms with Crippen LogP contribution in [0.4, 0.5) is 5.69 Å². The van der Waals surface area contributed by atoms with E-state index in [4.69, 9.17) is 4.74 Å². The number of rotatable bonds is 6. The van der Waals surface area contributed by atoms with Gasteiger partial charge in [-0.2, -0.15) is 0 Å². The minimum Gasteiger partial charge on any atom is -0.460 e. The van der Waals surface area contributed by atoms with Crippen LogP contribution in [0.1, 0.15) is 5.56 Å². The third-order valence-corrected chi connectivity index (χ3v) is 2.69. The van der Waals surface area contributed by atoms with Gasteiger partial charge in [0, 0.05) is 12.1 Å². The molecule has 0 bridgehead atoms. The number of hydrogen-bond donors (Lipinski definition) is 1. The van der Waals surface area contributed by atoms with Crippen molar-refractivity contribution < 1.29 is 22.9 Å². The second-order valence-corrected chi connectivity index (χ2v) is 5.51. The van der Waals surface area contributed by atoms with Crippen molar-refractivity contribution in [3.8, 4) is 0 Å². The summed E-state index contributed by atoms with van der Waals surface area (Å²) >= 11 is 0. The average molecular weight is 288 g/mol. The van der Waals surface area contributed by atoms with Crippen LogP contribution in [0.5, 0.6) is 0 Å². The Balaban J connectivity index is 2.44. The number of ether oxygens (including phenoxy) is 1. The van der Waals surface area contributed by atoms with Gasteiger partial charge >= 0.3 is 5.97 Å². The largest absolute Gasteiger partial charge is 0.460 e. The molecule has 1 aromatic carbocycles. The smallest absolute Gasteiger partial charge is 0.321 e. The molecule has 0 radical (unpaired) electrons. The van der Waals surface area contributed by atoms with E-state index in [0.29, 0.717) is 5.56 Å². The van der Waals surface area contributed by atoms with E-state index in [0.717, 1.165) is 6.26 Å². The molecule has 1 rings (SSSR count). The van der Waals surface area contributed by atoms with Crippen LogP contribution in [0.2, 0.25) is 0 Å². The van der Waals surface area contributed by atoms with E-state index in [1.165, 1.54) is 24.3 Å². The Hall–Kier alpha value is -2.00. The number of esters is 1. The minimum atomic E-state index is -3.44. The lowest BCUT2D eigenvalue weighted by Gasteiger charge is -2.05. The van der Waals surface area contributed by atoms with Gasteiger partial charge < -0.3 is 4.74 Å². The fourth-order valence-electron chi connectivity index (χ4n) is 1.12. The number of carbonyl (C=O) groups excluding carboxylic acids is 1. The van der Waals surface area contributed by atoms with Crippen molar-refractivity contribution in [2.45, 2.75) is 6.61 Å². The minimum absolute atomic E-state index is 0.0613. The fourth-order valence-corrected chi connectivity index (χ4v) is 1.50. The Morgan fingerprint density at radius 3 is 2.42 bits per heavy atom. The maximum atomic E-state index is 11.2. The molecule has 0 fully saturated rings. The molecule has 19 heavy (non-hydrogen) atoms. The standard InChI is InChI=1S/C10H12N2O6S/c1-19(16,17)11-6-10(13)18-7-8-2-4-9(5-3-8)12(14)15/h2-5,11H,6-7H2,1H3. The van der Waals surface area contributed by atoms with Crippen LogP contribution in [0.25, 0.3) is 0 Å². The molecule has 0 saturated carbocycles. The van der Waals surface area contributed by atoms with Gasteiger partial charge in [-0.3, -0.25) is 14.9 Å². The number of nitro groups is 1. The second kappa shape index (κ2) is 6.25. The molecule has 9 heteroatoms. The van der Waals surface area contributed by atoms with E-state index in [1.54, 1.807) is 0 Å². The number of non-ortho nitro benzene ring substituents is 1. The Kier molecular flexibility index (Phi) is 4.95. The predicted octanol–water partition coefficient (Wildman–Crippen LogP) is 0.187. The summed E-state index contributed by atoms with van der Waals surface area (Å²) in [6.07, 6.45) is 0.927. The van der Waals surface area contributed by atoms with Crippen LogP contribution >= 0.6 is 0 Å². The second-order valence-electron chi connectivity index (χ2n) is 3.68. The molecule has 0 aliphatic carbocycles. The van der Waals surface area contributed by atoms with Crippen molar-refractivity contribution >= 4 is 21.7 Å². The zero-order valence-corrected chi connectivity index (χ0v) is 10.8. The monoisotopic (exact) mass is 288 g/mol. The van der Waals surface area contributed by atoms with E-state index >= 15 is 0 Å². The molecule has 104 valence electrons. The first-order chi connectivity index (χ1) is 8.78. The molecule has 0 aliphatic rings. The number of benzene rings is 1. The Morgan fingerprint density at radius 1 is 1.37 bits per heavy atom. The highest BCUT2D eigenvalue weighted by atomic mass is 32.2. The molecule has 0 heterocycles. The molecule has 0 saturated heterocycles. The maximum absolute atomic E-state index is 11.2. The van der Waals surface area contributed by atoms with Crippen molar-refractivity contribution in [2.24, 2.45) is 0 Å². The van der Waals surface area contributed by atoms with Crippen LogP contribution in [0.3, 0.4) is 0 Å². The number of nitrogens with one attached hydrogen (secondary N) is 1. The summed E-state index contributed by atoms with van der Waals surface area (Å²) in [6, 6.07) is 5.49. The normalized spacial score (nSPS) is 11.0. The van der Waals surface area contributed by atoms with E-state index in [2.05, 4.69) is 0 Å². The van der Waals surface area contributed by atoms with Gasteiger partial charge in [0.1, 0.15) is 13.2 Å². The van der Waals surface area contributed by atoms with Crippen molar-refractivity contribution in [1.29, 1.82) is 0 Å². The van der Waals surface area contributed by atoms with Gasteiger partial charge in [-0.1, -0.05) is 0 Å². The summed E-state index contributed by atoms with van der Waals surface area (Å²) in [6.45, 7) is -0.534. The summed E-state index contributed by atoms with van der Waals surface area (Å²) in [5, 5.41) is 10.4. The van der Waals surface area contributed by atoms with Gasteiger partial charge in [0.25, 0.3) is 5.69 Å². The lowest BCUT2D eigenvalue weighted by molar-refractivity contribution is -0.384. The van der Waals surface area contributed by atoms with Crippen LogP contribution < -0.4 is 4.72 Å². The first-order valence-electron chi connectivity index (χ1n) is 5.11. The zero-order valence-electron chi connectivity index (χ0n) is 10.0. The number of sulfonamides is 1. The van der Waals surface area contributed by atoms with E-state index in [1.807, 2.05) is 4.72 Å². The number of carbonyl (C=O) groups is 1. The number of nitro benzene ring substituents is 1. The van der Waals surface area contributed by atoms with Crippen molar-refractivity contribution in [3.63, 3.8) is 0 Å². The SMILES string of the molecule is CS(=O)(=O)NCC(=O)OCc1ccc([N+](=O)[O-])cc1. The van der Waals surface area contributed by atoms with Crippen LogP contribution in [-0.4, -0.2) is 32.1 Å². The van der Waals surface area contributed by atoms with Crippen molar-refractivity contribution in [3.05, 3.63) is 39.9 Å². The van der Waals surface area contributed by atoms with Gasteiger partial charge in [0.15, 0.2) is 0 Å². The number of hydrogen-bond acceptors (Lipinski definition) is 6. The van der Waals surface area contributed by atoms with E-state index in [-0.39, 0.29) is 12.3 Å². The van der Waals surface area contributed by atoms with Crippen LogP contribution in [-0.2, 0) is 26.2 Å². The van der Waals surface area contributed by atoms with Crippen molar-refractivity contribution in [1.82, 2.24) is 4.72 Å².